The Bertz CT molecular complexity index is 1470. The van der Waals surface area contributed by atoms with Gasteiger partial charge in [-0.1, -0.05) is 18.2 Å². The van der Waals surface area contributed by atoms with Crippen LogP contribution < -0.4 is 5.32 Å². The van der Waals surface area contributed by atoms with Crippen molar-refractivity contribution in [2.45, 2.75) is 4.90 Å². The second-order valence-electron chi connectivity index (χ2n) is 6.45. The predicted octanol–water partition coefficient (Wildman–Crippen LogP) is 2.69. The summed E-state index contributed by atoms with van der Waals surface area (Å²) in [5.41, 5.74) is 1.39. The monoisotopic (exact) mass is 405 g/mol. The number of benzene rings is 1. The second-order valence-corrected chi connectivity index (χ2v) is 8.23. The van der Waals surface area contributed by atoms with Gasteiger partial charge in [-0.3, -0.25) is 9.67 Å². The minimum atomic E-state index is -3.91. The first-order valence-corrected chi connectivity index (χ1v) is 10.2. The molecule has 144 valence electrons. The summed E-state index contributed by atoms with van der Waals surface area (Å²) in [4.78, 5) is 13.1. The summed E-state index contributed by atoms with van der Waals surface area (Å²) in [6, 6.07) is 10.3. The van der Waals surface area contributed by atoms with Crippen molar-refractivity contribution in [3.63, 3.8) is 0 Å². The standard InChI is InChI=1S/C19H15N7O2S/c1-25-12-15(11-22-25)23-19-21-10-14-7-9-26(18(14)24-19)29(27,28)16-6-2-4-13-5-3-8-20-17(13)16/h2-12H,1H3,(H,21,23,24). The average Bonchev–Trinajstić information content (AvgIpc) is 3.33. The van der Waals surface area contributed by atoms with E-state index in [1.165, 1.54) is 6.20 Å². The molecule has 10 heteroatoms. The van der Waals surface area contributed by atoms with Crippen LogP contribution in [0.2, 0.25) is 0 Å². The molecule has 0 saturated carbocycles. The fraction of sp³-hybridized carbons (Fsp3) is 0.0526. The summed E-state index contributed by atoms with van der Waals surface area (Å²) < 4.78 is 29.6. The van der Waals surface area contributed by atoms with Crippen molar-refractivity contribution in [1.82, 2.24) is 28.7 Å². The van der Waals surface area contributed by atoms with Crippen molar-refractivity contribution in [2.24, 2.45) is 7.05 Å². The SMILES string of the molecule is Cn1cc(Nc2ncc3ccn(S(=O)(=O)c4cccc5cccnc45)c3n2)cn1. The molecular weight excluding hydrogens is 390 g/mol. The Morgan fingerprint density at radius 1 is 1.00 bits per heavy atom. The molecule has 1 aromatic carbocycles. The molecule has 0 amide bonds. The maximum atomic E-state index is 13.4. The van der Waals surface area contributed by atoms with Gasteiger partial charge in [-0.05, 0) is 18.2 Å². The Labute approximate surface area is 165 Å². The molecule has 5 aromatic rings. The van der Waals surface area contributed by atoms with Gasteiger partial charge in [0.25, 0.3) is 10.0 Å². The van der Waals surface area contributed by atoms with Crippen LogP contribution in [0.5, 0.6) is 0 Å². The smallest absolute Gasteiger partial charge is 0.271 e. The summed E-state index contributed by atoms with van der Waals surface area (Å²) >= 11 is 0. The van der Waals surface area contributed by atoms with Gasteiger partial charge in [0.15, 0.2) is 5.65 Å². The zero-order chi connectivity index (χ0) is 20.0. The maximum absolute atomic E-state index is 13.4. The van der Waals surface area contributed by atoms with Gasteiger partial charge in [-0.2, -0.15) is 10.1 Å². The van der Waals surface area contributed by atoms with Crippen LogP contribution in [0, 0.1) is 0 Å². The lowest BCUT2D eigenvalue weighted by Crippen LogP contribution is -2.13. The Morgan fingerprint density at radius 2 is 1.86 bits per heavy atom. The molecule has 0 unspecified atom stereocenters. The molecule has 4 aromatic heterocycles. The topological polar surface area (TPSA) is 108 Å². The molecule has 9 nitrogen and oxygen atoms in total. The summed E-state index contributed by atoms with van der Waals surface area (Å²) in [5, 5.41) is 8.47. The van der Waals surface area contributed by atoms with Crippen LogP contribution in [0.15, 0.2) is 72.3 Å². The Hall–Kier alpha value is -3.79. The number of fused-ring (bicyclic) bond motifs is 2. The van der Waals surface area contributed by atoms with Crippen LogP contribution in [-0.2, 0) is 17.1 Å². The number of para-hydroxylation sites is 1. The van der Waals surface area contributed by atoms with Gasteiger partial charge in [0.2, 0.25) is 5.95 Å². The highest BCUT2D eigenvalue weighted by Gasteiger charge is 2.23. The average molecular weight is 405 g/mol. The van der Waals surface area contributed by atoms with Crippen LogP contribution >= 0.6 is 0 Å². The van der Waals surface area contributed by atoms with Crippen molar-refractivity contribution in [3.05, 3.63) is 67.4 Å². The van der Waals surface area contributed by atoms with Crippen molar-refractivity contribution < 1.29 is 8.42 Å². The molecule has 0 aliphatic carbocycles. The number of hydrogen-bond acceptors (Lipinski definition) is 7. The van der Waals surface area contributed by atoms with Gasteiger partial charge in [0, 0.05) is 42.6 Å². The van der Waals surface area contributed by atoms with E-state index in [-0.39, 0.29) is 16.5 Å². The molecule has 0 spiro atoms. The lowest BCUT2D eigenvalue weighted by molar-refractivity contribution is 0.589. The number of aromatic nitrogens is 6. The molecule has 1 N–H and O–H groups in total. The van der Waals surface area contributed by atoms with Gasteiger partial charge in [0.05, 0.1) is 17.4 Å². The molecule has 0 saturated heterocycles. The van der Waals surface area contributed by atoms with E-state index in [1.807, 2.05) is 12.1 Å². The summed E-state index contributed by atoms with van der Waals surface area (Å²) in [6.45, 7) is 0. The van der Waals surface area contributed by atoms with Crippen molar-refractivity contribution >= 4 is 43.6 Å². The number of nitrogens with zero attached hydrogens (tertiary/aromatic N) is 6. The summed E-state index contributed by atoms with van der Waals surface area (Å²) in [7, 11) is -2.12. The van der Waals surface area contributed by atoms with E-state index in [0.717, 1.165) is 9.36 Å². The highest BCUT2D eigenvalue weighted by atomic mass is 32.2. The van der Waals surface area contributed by atoms with Crippen LogP contribution in [0.1, 0.15) is 0 Å². The van der Waals surface area contributed by atoms with Gasteiger partial charge in [-0.15, -0.1) is 0 Å². The van der Waals surface area contributed by atoms with Gasteiger partial charge in [0.1, 0.15) is 4.90 Å². The largest absolute Gasteiger partial charge is 0.321 e. The minimum absolute atomic E-state index is 0.119. The molecule has 0 aliphatic rings. The van der Waals surface area contributed by atoms with E-state index in [9.17, 15) is 8.42 Å². The molecule has 0 radical (unpaired) electrons. The van der Waals surface area contributed by atoms with Crippen molar-refractivity contribution in [3.8, 4) is 0 Å². The fourth-order valence-electron chi connectivity index (χ4n) is 3.15. The van der Waals surface area contributed by atoms with E-state index in [1.54, 1.807) is 60.8 Å². The maximum Gasteiger partial charge on any atom is 0.271 e. The Morgan fingerprint density at radius 3 is 2.69 bits per heavy atom. The minimum Gasteiger partial charge on any atom is -0.321 e. The van der Waals surface area contributed by atoms with E-state index in [4.69, 9.17) is 0 Å². The van der Waals surface area contributed by atoms with E-state index in [2.05, 4.69) is 25.4 Å². The van der Waals surface area contributed by atoms with Gasteiger partial charge >= 0.3 is 0 Å². The fourth-order valence-corrected chi connectivity index (χ4v) is 4.63. The lowest BCUT2D eigenvalue weighted by atomic mass is 10.2. The summed E-state index contributed by atoms with van der Waals surface area (Å²) in [6.07, 6.45) is 8.03. The first-order valence-electron chi connectivity index (χ1n) is 8.71. The third-order valence-electron chi connectivity index (χ3n) is 4.49. The molecule has 4 heterocycles. The van der Waals surface area contributed by atoms with Crippen LogP contribution in [0.25, 0.3) is 21.9 Å². The van der Waals surface area contributed by atoms with Crippen molar-refractivity contribution in [1.29, 1.82) is 0 Å². The molecule has 0 aliphatic heterocycles. The van der Waals surface area contributed by atoms with Crippen LogP contribution in [0.4, 0.5) is 11.6 Å². The number of hydrogen-bond donors (Lipinski definition) is 1. The number of anilines is 2. The molecule has 29 heavy (non-hydrogen) atoms. The van der Waals surface area contributed by atoms with Crippen LogP contribution in [0.3, 0.4) is 0 Å². The third-order valence-corrected chi connectivity index (χ3v) is 6.19. The zero-order valence-electron chi connectivity index (χ0n) is 15.3. The molecular formula is C19H15N7O2S. The quantitative estimate of drug-likeness (QED) is 0.490. The zero-order valence-corrected chi connectivity index (χ0v) is 16.1. The van der Waals surface area contributed by atoms with Gasteiger partial charge in [-0.25, -0.2) is 17.4 Å². The predicted molar refractivity (Wildman–Crippen MR) is 108 cm³/mol. The second kappa shape index (κ2) is 6.38. The summed E-state index contributed by atoms with van der Waals surface area (Å²) in [5.74, 6) is 0.275. The highest BCUT2D eigenvalue weighted by molar-refractivity contribution is 7.90. The number of rotatable bonds is 4. The Balaban J connectivity index is 1.64. The molecule has 0 fully saturated rings. The molecule has 5 rings (SSSR count). The number of pyridine rings is 1. The number of aryl methyl sites for hydroxylation is 1. The number of nitrogens with one attached hydrogen (secondary N) is 1. The first-order chi connectivity index (χ1) is 14.0. The van der Waals surface area contributed by atoms with E-state index >= 15 is 0 Å². The van der Waals surface area contributed by atoms with E-state index < -0.39 is 10.0 Å². The lowest BCUT2D eigenvalue weighted by Gasteiger charge is -2.10. The third kappa shape index (κ3) is 2.90. The molecule has 0 bridgehead atoms. The van der Waals surface area contributed by atoms with Gasteiger partial charge < -0.3 is 5.32 Å². The van der Waals surface area contributed by atoms with E-state index in [0.29, 0.717) is 16.6 Å². The highest BCUT2D eigenvalue weighted by Crippen LogP contribution is 2.26. The normalized spacial score (nSPS) is 11.9. The first kappa shape index (κ1) is 17.3. The van der Waals surface area contributed by atoms with Crippen LogP contribution in [-0.4, -0.2) is 37.1 Å². The molecule has 0 atom stereocenters. The Kier molecular flexibility index (Phi) is 3.81. The van der Waals surface area contributed by atoms with Crippen molar-refractivity contribution in [2.75, 3.05) is 5.32 Å².